The predicted octanol–water partition coefficient (Wildman–Crippen LogP) is 4.14. The van der Waals surface area contributed by atoms with Gasteiger partial charge in [-0.1, -0.05) is 39.8 Å². The lowest BCUT2D eigenvalue weighted by atomic mass is 10.0. The van der Waals surface area contributed by atoms with Gasteiger partial charge in [-0.15, -0.1) is 0 Å². The fourth-order valence-electron chi connectivity index (χ4n) is 1.13. The Morgan fingerprint density at radius 3 is 2.47 bits per heavy atom. The average Bonchev–Trinajstić information content (AvgIpc) is 2.29. The summed E-state index contributed by atoms with van der Waals surface area (Å²) < 4.78 is 5.47. The first kappa shape index (κ1) is 14.4. The molecule has 86 valence electrons. The van der Waals surface area contributed by atoms with Gasteiger partial charge in [0.15, 0.2) is 0 Å². The second-order valence-corrected chi connectivity index (χ2v) is 3.75. The quantitative estimate of drug-likeness (QED) is 0.759. The zero-order valence-corrected chi connectivity index (χ0v) is 11.1. The molecule has 0 saturated heterocycles. The molecule has 0 N–H and O–H groups in total. The second kappa shape index (κ2) is 8.66. The van der Waals surface area contributed by atoms with Crippen molar-refractivity contribution in [2.75, 3.05) is 12.4 Å². The molecule has 0 heterocycles. The maximum absolute atomic E-state index is 5.47. The van der Waals surface area contributed by atoms with Crippen molar-refractivity contribution in [3.8, 4) is 5.75 Å². The summed E-state index contributed by atoms with van der Waals surface area (Å²) in [5.41, 5.74) is 1.32. The Kier molecular flexibility index (Phi) is 8.30. The lowest BCUT2D eigenvalue weighted by Crippen LogP contribution is -1.98. The molecule has 0 radical (unpaired) electrons. The molecular formula is C13H22OS. The normalized spacial score (nSPS) is 9.47. The van der Waals surface area contributed by atoms with E-state index in [0.717, 1.165) is 11.5 Å². The highest BCUT2D eigenvalue weighted by Crippen LogP contribution is 2.19. The van der Waals surface area contributed by atoms with Crippen molar-refractivity contribution in [1.29, 1.82) is 0 Å². The van der Waals surface area contributed by atoms with E-state index < -0.39 is 0 Å². The average molecular weight is 226 g/mol. The van der Waals surface area contributed by atoms with E-state index >= 15 is 0 Å². The van der Waals surface area contributed by atoms with Crippen molar-refractivity contribution in [1.82, 2.24) is 0 Å². The first-order valence-electron chi connectivity index (χ1n) is 5.57. The monoisotopic (exact) mass is 226 g/mol. The molecule has 0 aliphatic carbocycles. The van der Waals surface area contributed by atoms with Crippen LogP contribution in [0.15, 0.2) is 24.3 Å². The summed E-state index contributed by atoms with van der Waals surface area (Å²) in [6.07, 6.45) is 0. The number of rotatable bonds is 4. The maximum Gasteiger partial charge on any atom is 0.119 e. The smallest absolute Gasteiger partial charge is 0.119 e. The summed E-state index contributed by atoms with van der Waals surface area (Å²) in [5.74, 6) is 2.26. The van der Waals surface area contributed by atoms with Crippen LogP contribution in [0.2, 0.25) is 0 Å². The summed E-state index contributed by atoms with van der Waals surface area (Å²) in [7, 11) is 0. The highest BCUT2D eigenvalue weighted by molar-refractivity contribution is 7.80. The zero-order valence-electron chi connectivity index (χ0n) is 10.2. The van der Waals surface area contributed by atoms with Gasteiger partial charge in [-0.05, 0) is 23.6 Å². The number of hydrogen-bond acceptors (Lipinski definition) is 2. The van der Waals surface area contributed by atoms with Gasteiger partial charge < -0.3 is 4.74 Å². The van der Waals surface area contributed by atoms with Gasteiger partial charge in [0.25, 0.3) is 0 Å². The number of ether oxygens (including phenoxy) is 1. The minimum atomic E-state index is 0.555. The van der Waals surface area contributed by atoms with E-state index in [1.807, 2.05) is 26.0 Å². The highest BCUT2D eigenvalue weighted by Gasteiger charge is 1.99. The Bertz CT molecular complexity index is 258. The molecule has 0 bridgehead atoms. The molecule has 0 aliphatic heterocycles. The van der Waals surface area contributed by atoms with E-state index in [9.17, 15) is 0 Å². The summed E-state index contributed by atoms with van der Waals surface area (Å²) in [6, 6.07) is 8.23. The van der Waals surface area contributed by atoms with Crippen LogP contribution < -0.4 is 4.74 Å². The molecule has 0 fully saturated rings. The van der Waals surface area contributed by atoms with E-state index in [0.29, 0.717) is 12.5 Å². The van der Waals surface area contributed by atoms with Gasteiger partial charge >= 0.3 is 0 Å². The molecule has 0 spiro atoms. The van der Waals surface area contributed by atoms with Crippen molar-refractivity contribution >= 4 is 12.6 Å². The molecule has 15 heavy (non-hydrogen) atoms. The molecular weight excluding hydrogens is 204 g/mol. The van der Waals surface area contributed by atoms with Crippen LogP contribution >= 0.6 is 12.6 Å². The third-order valence-electron chi connectivity index (χ3n) is 1.88. The summed E-state index contributed by atoms with van der Waals surface area (Å²) in [4.78, 5) is 0. The molecule has 0 aliphatic rings. The van der Waals surface area contributed by atoms with Gasteiger partial charge in [-0.25, -0.2) is 0 Å². The molecule has 1 nitrogen and oxygen atoms in total. The largest absolute Gasteiger partial charge is 0.493 e. The van der Waals surface area contributed by atoms with E-state index in [2.05, 4.69) is 38.6 Å². The van der Waals surface area contributed by atoms with E-state index in [4.69, 9.17) is 4.74 Å². The minimum Gasteiger partial charge on any atom is -0.493 e. The van der Waals surface area contributed by atoms with Gasteiger partial charge in [0.1, 0.15) is 5.75 Å². The van der Waals surface area contributed by atoms with E-state index in [1.54, 1.807) is 0 Å². The third-order valence-corrected chi connectivity index (χ3v) is 2.07. The van der Waals surface area contributed by atoms with Crippen LogP contribution in [0.1, 0.15) is 39.2 Å². The maximum atomic E-state index is 5.47. The number of thiol groups is 1. The molecule has 1 aromatic rings. The molecule has 1 rings (SSSR count). The minimum absolute atomic E-state index is 0.555. The molecule has 0 unspecified atom stereocenters. The Morgan fingerprint density at radius 2 is 1.93 bits per heavy atom. The summed E-state index contributed by atoms with van der Waals surface area (Å²) >= 11 is 4.09. The second-order valence-electron chi connectivity index (χ2n) is 3.30. The molecule has 0 amide bonds. The van der Waals surface area contributed by atoms with Gasteiger partial charge in [-0.2, -0.15) is 12.6 Å². The fraction of sp³-hybridized carbons (Fsp3) is 0.538. The van der Waals surface area contributed by atoms with Crippen LogP contribution in [-0.2, 0) is 0 Å². The number of benzene rings is 1. The SMILES string of the molecule is CC.CC(C)c1cccc(OCCS)c1. The van der Waals surface area contributed by atoms with E-state index in [1.165, 1.54) is 5.56 Å². The van der Waals surface area contributed by atoms with Crippen LogP contribution in [0.3, 0.4) is 0 Å². The van der Waals surface area contributed by atoms with Crippen molar-refractivity contribution in [2.24, 2.45) is 0 Å². The van der Waals surface area contributed by atoms with Crippen molar-refractivity contribution in [3.05, 3.63) is 29.8 Å². The highest BCUT2D eigenvalue weighted by atomic mass is 32.1. The Hall–Kier alpha value is -0.630. The zero-order chi connectivity index (χ0) is 11.7. The first-order valence-corrected chi connectivity index (χ1v) is 6.21. The van der Waals surface area contributed by atoms with Crippen molar-refractivity contribution in [3.63, 3.8) is 0 Å². The van der Waals surface area contributed by atoms with E-state index in [-0.39, 0.29) is 0 Å². The molecule has 0 saturated carbocycles. The summed E-state index contributed by atoms with van der Waals surface area (Å²) in [6.45, 7) is 9.03. The topological polar surface area (TPSA) is 9.23 Å². The van der Waals surface area contributed by atoms with Crippen LogP contribution in [0, 0.1) is 0 Å². The van der Waals surface area contributed by atoms with Crippen LogP contribution in [0.4, 0.5) is 0 Å². The Labute approximate surface area is 99.3 Å². The Balaban J connectivity index is 0.000000921. The first-order chi connectivity index (χ1) is 7.24. The van der Waals surface area contributed by atoms with Gasteiger partial charge in [-0.3, -0.25) is 0 Å². The lowest BCUT2D eigenvalue weighted by molar-refractivity contribution is 0.344. The lowest BCUT2D eigenvalue weighted by Gasteiger charge is -2.08. The molecule has 0 atom stereocenters. The van der Waals surface area contributed by atoms with Crippen molar-refractivity contribution in [2.45, 2.75) is 33.6 Å². The Morgan fingerprint density at radius 1 is 1.27 bits per heavy atom. The predicted molar refractivity (Wildman–Crippen MR) is 71.2 cm³/mol. The third kappa shape index (κ3) is 5.73. The summed E-state index contributed by atoms with van der Waals surface area (Å²) in [5, 5.41) is 0. The van der Waals surface area contributed by atoms with Gasteiger partial charge in [0.2, 0.25) is 0 Å². The van der Waals surface area contributed by atoms with Gasteiger partial charge in [0, 0.05) is 5.75 Å². The van der Waals surface area contributed by atoms with Gasteiger partial charge in [0.05, 0.1) is 6.61 Å². The molecule has 0 aromatic heterocycles. The van der Waals surface area contributed by atoms with Crippen LogP contribution in [0.25, 0.3) is 0 Å². The molecule has 2 heteroatoms. The van der Waals surface area contributed by atoms with Crippen LogP contribution in [0.5, 0.6) is 5.75 Å². The van der Waals surface area contributed by atoms with Crippen molar-refractivity contribution < 1.29 is 4.74 Å². The fourth-order valence-corrected chi connectivity index (χ4v) is 1.22. The molecule has 1 aromatic carbocycles. The number of hydrogen-bond donors (Lipinski definition) is 1. The van der Waals surface area contributed by atoms with Crippen LogP contribution in [-0.4, -0.2) is 12.4 Å². The standard InChI is InChI=1S/C11H16OS.C2H6/c1-9(2)10-4-3-5-11(8-10)12-6-7-13;1-2/h3-5,8-9,13H,6-7H2,1-2H3;1-2H3.